The van der Waals surface area contributed by atoms with Crippen molar-refractivity contribution < 1.29 is 14.7 Å². The summed E-state index contributed by atoms with van der Waals surface area (Å²) in [6.07, 6.45) is 0.00736. The van der Waals surface area contributed by atoms with Crippen LogP contribution in [0.4, 0.5) is 0 Å². The zero-order valence-electron chi connectivity index (χ0n) is 7.70. The predicted octanol–water partition coefficient (Wildman–Crippen LogP) is 0.718. The van der Waals surface area contributed by atoms with E-state index in [1.54, 1.807) is 6.92 Å². The van der Waals surface area contributed by atoms with Crippen LogP contribution in [0.5, 0.6) is 0 Å². The summed E-state index contributed by atoms with van der Waals surface area (Å²) in [5.74, 6) is -0.951. The third kappa shape index (κ3) is 3.37. The summed E-state index contributed by atoms with van der Waals surface area (Å²) >= 11 is 0. The Morgan fingerprint density at radius 3 is 2.25 bits per heavy atom. The van der Waals surface area contributed by atoms with Gasteiger partial charge in [0.15, 0.2) is 0 Å². The topological polar surface area (TPSA) is 57.6 Å². The fourth-order valence-electron chi connectivity index (χ4n) is 1.21. The molecule has 0 bridgehead atoms. The number of carbonyl (C=O) groups is 2. The Labute approximate surface area is 72.2 Å². The normalized spacial score (nSPS) is 12.2. The average molecular weight is 173 g/mol. The van der Waals surface area contributed by atoms with Crippen molar-refractivity contribution in [2.75, 3.05) is 6.54 Å². The van der Waals surface area contributed by atoms with Gasteiger partial charge in [-0.2, -0.15) is 0 Å². The molecule has 12 heavy (non-hydrogen) atoms. The molecule has 4 nitrogen and oxygen atoms in total. The molecule has 1 N–H and O–H groups in total. The van der Waals surface area contributed by atoms with Crippen LogP contribution in [0.15, 0.2) is 0 Å². The van der Waals surface area contributed by atoms with Crippen molar-refractivity contribution in [1.82, 2.24) is 4.90 Å². The maximum absolute atomic E-state index is 10.9. The second-order valence-corrected chi connectivity index (χ2v) is 2.75. The molecule has 1 amide bonds. The molecule has 0 aromatic rings. The summed E-state index contributed by atoms with van der Waals surface area (Å²) in [5, 5.41) is 8.47. The first-order valence-electron chi connectivity index (χ1n) is 3.98. The minimum Gasteiger partial charge on any atom is -0.481 e. The van der Waals surface area contributed by atoms with Gasteiger partial charge in [0.1, 0.15) is 0 Å². The molecule has 1 atom stereocenters. The van der Waals surface area contributed by atoms with Crippen LogP contribution in [0.1, 0.15) is 27.2 Å². The SMILES string of the molecule is CCN(C(C)=O)C(C)CC(=O)O. The largest absolute Gasteiger partial charge is 0.481 e. The second kappa shape index (κ2) is 4.74. The highest BCUT2D eigenvalue weighted by Gasteiger charge is 2.16. The monoisotopic (exact) mass is 173 g/mol. The molecule has 0 rings (SSSR count). The van der Waals surface area contributed by atoms with Gasteiger partial charge in [-0.25, -0.2) is 0 Å². The van der Waals surface area contributed by atoms with E-state index in [1.165, 1.54) is 11.8 Å². The van der Waals surface area contributed by atoms with E-state index in [4.69, 9.17) is 5.11 Å². The zero-order valence-corrected chi connectivity index (χ0v) is 7.70. The Balaban J connectivity index is 4.11. The highest BCUT2D eigenvalue weighted by molar-refractivity contribution is 5.75. The number of carboxylic acid groups (broad SMARTS) is 1. The standard InChI is InChI=1S/C8H15NO3/c1-4-9(7(3)10)6(2)5-8(11)12/h6H,4-5H2,1-3H3,(H,11,12). The van der Waals surface area contributed by atoms with Gasteiger partial charge >= 0.3 is 5.97 Å². The first-order valence-corrected chi connectivity index (χ1v) is 3.98. The average Bonchev–Trinajstić information content (AvgIpc) is 1.85. The van der Waals surface area contributed by atoms with Crippen LogP contribution < -0.4 is 0 Å². The lowest BCUT2D eigenvalue weighted by atomic mass is 10.2. The summed E-state index contributed by atoms with van der Waals surface area (Å²) in [7, 11) is 0. The third-order valence-corrected chi connectivity index (χ3v) is 1.75. The van der Waals surface area contributed by atoms with Crippen molar-refractivity contribution in [1.29, 1.82) is 0 Å². The van der Waals surface area contributed by atoms with Crippen molar-refractivity contribution in [3.05, 3.63) is 0 Å². The molecule has 0 radical (unpaired) electrons. The van der Waals surface area contributed by atoms with E-state index < -0.39 is 5.97 Å². The molecule has 0 heterocycles. The van der Waals surface area contributed by atoms with Gasteiger partial charge in [-0.1, -0.05) is 0 Å². The van der Waals surface area contributed by atoms with E-state index >= 15 is 0 Å². The zero-order chi connectivity index (χ0) is 9.72. The van der Waals surface area contributed by atoms with Gasteiger partial charge in [0.25, 0.3) is 0 Å². The molecule has 0 saturated heterocycles. The minimum atomic E-state index is -0.873. The number of hydrogen-bond acceptors (Lipinski definition) is 2. The Morgan fingerprint density at radius 1 is 1.50 bits per heavy atom. The molecular weight excluding hydrogens is 158 g/mol. The van der Waals surface area contributed by atoms with Crippen LogP contribution in [-0.4, -0.2) is 34.5 Å². The summed E-state index contributed by atoms with van der Waals surface area (Å²) in [6.45, 7) is 5.57. The number of carboxylic acids is 1. The molecule has 0 spiro atoms. The highest BCUT2D eigenvalue weighted by atomic mass is 16.4. The Bertz CT molecular complexity index is 179. The first-order chi connectivity index (χ1) is 5.49. The van der Waals surface area contributed by atoms with E-state index in [0.29, 0.717) is 6.54 Å². The van der Waals surface area contributed by atoms with Gasteiger partial charge < -0.3 is 10.0 Å². The highest BCUT2D eigenvalue weighted by Crippen LogP contribution is 2.03. The Kier molecular flexibility index (Phi) is 4.33. The molecule has 4 heteroatoms. The maximum atomic E-state index is 10.9. The van der Waals surface area contributed by atoms with Gasteiger partial charge in [0.05, 0.1) is 6.42 Å². The van der Waals surface area contributed by atoms with Gasteiger partial charge in [0, 0.05) is 19.5 Å². The number of aliphatic carboxylic acids is 1. The molecule has 70 valence electrons. The van der Waals surface area contributed by atoms with E-state index in [0.717, 1.165) is 0 Å². The molecular formula is C8H15NO3. The van der Waals surface area contributed by atoms with Crippen LogP contribution in [-0.2, 0) is 9.59 Å². The number of nitrogens with zero attached hydrogens (tertiary/aromatic N) is 1. The van der Waals surface area contributed by atoms with Crippen molar-refractivity contribution in [2.24, 2.45) is 0 Å². The molecule has 0 aromatic carbocycles. The lowest BCUT2D eigenvalue weighted by Gasteiger charge is -2.25. The van der Waals surface area contributed by atoms with E-state index in [1.807, 2.05) is 6.92 Å². The van der Waals surface area contributed by atoms with Gasteiger partial charge in [-0.15, -0.1) is 0 Å². The number of rotatable bonds is 4. The third-order valence-electron chi connectivity index (χ3n) is 1.75. The van der Waals surface area contributed by atoms with Crippen LogP contribution in [0.25, 0.3) is 0 Å². The second-order valence-electron chi connectivity index (χ2n) is 2.75. The summed E-state index contributed by atoms with van der Waals surface area (Å²) in [5.41, 5.74) is 0. The summed E-state index contributed by atoms with van der Waals surface area (Å²) < 4.78 is 0. The van der Waals surface area contributed by atoms with Crippen LogP contribution in [0.2, 0.25) is 0 Å². The van der Waals surface area contributed by atoms with E-state index in [2.05, 4.69) is 0 Å². The van der Waals surface area contributed by atoms with Crippen molar-refractivity contribution in [3.8, 4) is 0 Å². The lowest BCUT2D eigenvalue weighted by Crippen LogP contribution is -2.38. The fraction of sp³-hybridized carbons (Fsp3) is 0.750. The molecule has 0 aliphatic heterocycles. The van der Waals surface area contributed by atoms with Crippen molar-refractivity contribution >= 4 is 11.9 Å². The molecule has 0 aliphatic rings. The molecule has 0 saturated carbocycles. The quantitative estimate of drug-likeness (QED) is 0.681. The van der Waals surface area contributed by atoms with Gasteiger partial charge in [-0.3, -0.25) is 9.59 Å². The van der Waals surface area contributed by atoms with E-state index in [9.17, 15) is 9.59 Å². The van der Waals surface area contributed by atoms with Gasteiger partial charge in [-0.05, 0) is 13.8 Å². The molecule has 1 unspecified atom stereocenters. The van der Waals surface area contributed by atoms with E-state index in [-0.39, 0.29) is 18.4 Å². The summed E-state index contributed by atoms with van der Waals surface area (Å²) in [6, 6.07) is -0.218. The van der Waals surface area contributed by atoms with Crippen LogP contribution in [0, 0.1) is 0 Å². The number of carbonyl (C=O) groups excluding carboxylic acids is 1. The fourth-order valence-corrected chi connectivity index (χ4v) is 1.21. The van der Waals surface area contributed by atoms with Crippen molar-refractivity contribution in [3.63, 3.8) is 0 Å². The minimum absolute atomic E-state index is 0.00736. The Hall–Kier alpha value is -1.06. The van der Waals surface area contributed by atoms with Crippen LogP contribution in [0.3, 0.4) is 0 Å². The van der Waals surface area contributed by atoms with Gasteiger partial charge in [0.2, 0.25) is 5.91 Å². The number of amides is 1. The van der Waals surface area contributed by atoms with Crippen molar-refractivity contribution in [2.45, 2.75) is 33.2 Å². The molecule has 0 fully saturated rings. The predicted molar refractivity (Wildman–Crippen MR) is 44.8 cm³/mol. The number of hydrogen-bond donors (Lipinski definition) is 1. The molecule has 0 aromatic heterocycles. The molecule has 0 aliphatic carbocycles. The van der Waals surface area contributed by atoms with Crippen LogP contribution >= 0.6 is 0 Å². The lowest BCUT2D eigenvalue weighted by molar-refractivity contribution is -0.139. The maximum Gasteiger partial charge on any atom is 0.305 e. The Morgan fingerprint density at radius 2 is 2.00 bits per heavy atom. The smallest absolute Gasteiger partial charge is 0.305 e. The first kappa shape index (κ1) is 10.9. The summed E-state index contributed by atoms with van der Waals surface area (Å²) in [4.78, 5) is 22.8.